The highest BCUT2D eigenvalue weighted by atomic mass is 16.3. The van der Waals surface area contributed by atoms with E-state index in [0.717, 1.165) is 18.4 Å². The van der Waals surface area contributed by atoms with Gasteiger partial charge in [-0.3, -0.25) is 0 Å². The van der Waals surface area contributed by atoms with Crippen LogP contribution in [0.2, 0.25) is 0 Å². The molecule has 0 aliphatic heterocycles. The molecule has 0 aromatic heterocycles. The molecule has 0 atom stereocenters. The van der Waals surface area contributed by atoms with E-state index < -0.39 is 0 Å². The van der Waals surface area contributed by atoms with Gasteiger partial charge >= 0.3 is 0 Å². The number of hydrogen-bond acceptors (Lipinski definition) is 1. The number of allylic oxidation sites excluding steroid dienone is 2. The second-order valence-corrected chi connectivity index (χ2v) is 3.01. The van der Waals surface area contributed by atoms with Gasteiger partial charge in [0, 0.05) is 5.56 Å². The van der Waals surface area contributed by atoms with Crippen LogP contribution in [0.1, 0.15) is 32.3 Å². The molecule has 0 amide bonds. The third-order valence-electron chi connectivity index (χ3n) is 2.08. The molecule has 1 heteroatoms. The summed E-state index contributed by atoms with van der Waals surface area (Å²) in [5.74, 6) is 0.379. The lowest BCUT2D eigenvalue weighted by Gasteiger charge is -2.06. The minimum atomic E-state index is 0.379. The Kier molecular flexibility index (Phi) is 3.56. The van der Waals surface area contributed by atoms with Crippen LogP contribution in [-0.4, -0.2) is 5.11 Å². The lowest BCUT2D eigenvalue weighted by molar-refractivity contribution is 0.473. The molecule has 0 unspecified atom stereocenters. The molecule has 0 heterocycles. The third kappa shape index (κ3) is 2.35. The van der Waals surface area contributed by atoms with Crippen molar-refractivity contribution >= 4 is 5.57 Å². The summed E-state index contributed by atoms with van der Waals surface area (Å²) < 4.78 is 0. The van der Waals surface area contributed by atoms with Crippen molar-refractivity contribution in [2.75, 3.05) is 0 Å². The Morgan fingerprint density at radius 2 is 2.00 bits per heavy atom. The zero-order valence-corrected chi connectivity index (χ0v) is 8.25. The van der Waals surface area contributed by atoms with Gasteiger partial charge in [-0.2, -0.15) is 0 Å². The van der Waals surface area contributed by atoms with Crippen molar-refractivity contribution in [2.45, 2.75) is 26.7 Å². The Bertz CT molecular complexity index is 300. The minimum absolute atomic E-state index is 0.379. The van der Waals surface area contributed by atoms with Crippen molar-refractivity contribution in [3.8, 4) is 5.75 Å². The first-order valence-corrected chi connectivity index (χ1v) is 4.77. The van der Waals surface area contributed by atoms with Crippen LogP contribution >= 0.6 is 0 Å². The summed E-state index contributed by atoms with van der Waals surface area (Å²) >= 11 is 0. The van der Waals surface area contributed by atoms with Crippen LogP contribution in [0.15, 0.2) is 30.3 Å². The summed E-state index contributed by atoms with van der Waals surface area (Å²) in [7, 11) is 0. The molecule has 70 valence electrons. The first-order chi connectivity index (χ1) is 6.29. The molecule has 1 nitrogen and oxygen atoms in total. The maximum atomic E-state index is 9.60. The molecule has 0 spiro atoms. The van der Waals surface area contributed by atoms with Crippen LogP contribution in [0.3, 0.4) is 0 Å². The van der Waals surface area contributed by atoms with Gasteiger partial charge in [0.25, 0.3) is 0 Å². The Morgan fingerprint density at radius 1 is 1.31 bits per heavy atom. The highest BCUT2D eigenvalue weighted by Crippen LogP contribution is 2.26. The van der Waals surface area contributed by atoms with Crippen molar-refractivity contribution in [1.82, 2.24) is 0 Å². The van der Waals surface area contributed by atoms with Gasteiger partial charge in [0.05, 0.1) is 0 Å². The summed E-state index contributed by atoms with van der Waals surface area (Å²) in [6, 6.07) is 7.49. The number of rotatable bonds is 3. The van der Waals surface area contributed by atoms with Crippen LogP contribution in [0, 0.1) is 0 Å². The Morgan fingerprint density at radius 3 is 2.54 bits per heavy atom. The van der Waals surface area contributed by atoms with E-state index in [1.807, 2.05) is 18.2 Å². The molecule has 1 aromatic rings. The number of aromatic hydroxyl groups is 1. The Balaban J connectivity index is 3.05. The van der Waals surface area contributed by atoms with E-state index in [-0.39, 0.29) is 0 Å². The van der Waals surface area contributed by atoms with E-state index in [0.29, 0.717) is 5.75 Å². The van der Waals surface area contributed by atoms with Crippen LogP contribution in [0.5, 0.6) is 5.75 Å². The number of para-hydroxylation sites is 1. The predicted molar refractivity (Wildman–Crippen MR) is 56.7 cm³/mol. The zero-order valence-electron chi connectivity index (χ0n) is 8.25. The average molecular weight is 176 g/mol. The van der Waals surface area contributed by atoms with Crippen LogP contribution in [-0.2, 0) is 0 Å². The number of phenolic OH excluding ortho intramolecular Hbond substituents is 1. The lowest BCUT2D eigenvalue weighted by Crippen LogP contribution is -1.83. The van der Waals surface area contributed by atoms with E-state index in [4.69, 9.17) is 0 Å². The standard InChI is InChI=1S/C12H16O/c1-3-7-10(4-2)11-8-5-6-9-12(11)13/h5-9,13H,3-4H2,1-2H3. The Hall–Kier alpha value is -1.24. The summed E-state index contributed by atoms with van der Waals surface area (Å²) in [4.78, 5) is 0. The van der Waals surface area contributed by atoms with Crippen molar-refractivity contribution in [3.05, 3.63) is 35.9 Å². The number of benzene rings is 1. The first-order valence-electron chi connectivity index (χ1n) is 4.77. The van der Waals surface area contributed by atoms with Crippen molar-refractivity contribution in [3.63, 3.8) is 0 Å². The van der Waals surface area contributed by atoms with Gasteiger partial charge < -0.3 is 5.11 Å². The molecule has 1 N–H and O–H groups in total. The van der Waals surface area contributed by atoms with Crippen molar-refractivity contribution in [2.24, 2.45) is 0 Å². The quantitative estimate of drug-likeness (QED) is 0.746. The molecule has 0 radical (unpaired) electrons. The van der Waals surface area contributed by atoms with Gasteiger partial charge in [0.15, 0.2) is 0 Å². The van der Waals surface area contributed by atoms with Crippen LogP contribution in [0.25, 0.3) is 5.57 Å². The molecular weight excluding hydrogens is 160 g/mol. The first kappa shape index (κ1) is 9.85. The molecule has 0 aliphatic rings. The second kappa shape index (κ2) is 4.70. The van der Waals surface area contributed by atoms with Gasteiger partial charge in [-0.1, -0.05) is 38.1 Å². The van der Waals surface area contributed by atoms with Gasteiger partial charge in [-0.25, -0.2) is 0 Å². The maximum absolute atomic E-state index is 9.60. The van der Waals surface area contributed by atoms with Gasteiger partial charge in [0.1, 0.15) is 5.75 Å². The fourth-order valence-corrected chi connectivity index (χ4v) is 1.44. The van der Waals surface area contributed by atoms with Crippen molar-refractivity contribution in [1.29, 1.82) is 0 Å². The van der Waals surface area contributed by atoms with E-state index in [2.05, 4.69) is 19.9 Å². The summed E-state index contributed by atoms with van der Waals surface area (Å²) in [6.07, 6.45) is 4.14. The second-order valence-electron chi connectivity index (χ2n) is 3.01. The van der Waals surface area contributed by atoms with Crippen LogP contribution in [0.4, 0.5) is 0 Å². The summed E-state index contributed by atoms with van der Waals surface area (Å²) in [5, 5.41) is 9.60. The maximum Gasteiger partial charge on any atom is 0.123 e. The van der Waals surface area contributed by atoms with E-state index in [1.54, 1.807) is 6.07 Å². The smallest absolute Gasteiger partial charge is 0.123 e. The lowest BCUT2D eigenvalue weighted by atomic mass is 10.0. The van der Waals surface area contributed by atoms with E-state index in [9.17, 15) is 5.11 Å². The van der Waals surface area contributed by atoms with Gasteiger partial charge in [-0.15, -0.1) is 0 Å². The normalized spacial score (nSPS) is 11.7. The van der Waals surface area contributed by atoms with Gasteiger partial charge in [-0.05, 0) is 24.5 Å². The average Bonchev–Trinajstić information content (AvgIpc) is 2.16. The minimum Gasteiger partial charge on any atom is -0.507 e. The van der Waals surface area contributed by atoms with E-state index in [1.165, 1.54) is 5.57 Å². The molecule has 1 aromatic carbocycles. The molecule has 0 bridgehead atoms. The zero-order chi connectivity index (χ0) is 9.68. The SMILES string of the molecule is CCC=C(CC)c1ccccc1O. The van der Waals surface area contributed by atoms with Crippen molar-refractivity contribution < 1.29 is 5.11 Å². The number of phenols is 1. The summed E-state index contributed by atoms with van der Waals surface area (Å²) in [5.41, 5.74) is 2.19. The number of hydrogen-bond donors (Lipinski definition) is 1. The third-order valence-corrected chi connectivity index (χ3v) is 2.08. The molecular formula is C12H16O. The monoisotopic (exact) mass is 176 g/mol. The molecule has 0 saturated heterocycles. The van der Waals surface area contributed by atoms with E-state index >= 15 is 0 Å². The fraction of sp³-hybridized carbons (Fsp3) is 0.333. The predicted octanol–water partition coefficient (Wildman–Crippen LogP) is 3.60. The largest absolute Gasteiger partial charge is 0.507 e. The highest BCUT2D eigenvalue weighted by molar-refractivity contribution is 5.69. The molecule has 0 saturated carbocycles. The highest BCUT2D eigenvalue weighted by Gasteiger charge is 2.02. The molecule has 0 aliphatic carbocycles. The fourth-order valence-electron chi connectivity index (χ4n) is 1.44. The Labute approximate surface area is 79.7 Å². The summed E-state index contributed by atoms with van der Waals surface area (Å²) in [6.45, 7) is 4.21. The molecule has 0 fully saturated rings. The van der Waals surface area contributed by atoms with Gasteiger partial charge in [0.2, 0.25) is 0 Å². The van der Waals surface area contributed by atoms with Crippen LogP contribution < -0.4 is 0 Å². The topological polar surface area (TPSA) is 20.2 Å². The molecule has 1 rings (SSSR count). The molecule has 13 heavy (non-hydrogen) atoms.